The van der Waals surface area contributed by atoms with E-state index in [0.717, 1.165) is 32.6 Å². The molecule has 0 aromatic heterocycles. The van der Waals surface area contributed by atoms with E-state index in [1.165, 1.54) is 0 Å². The zero-order valence-electron chi connectivity index (χ0n) is 12.0. The number of carboxylic acids is 2. The monoisotopic (exact) mass is 301 g/mol. The SMILES string of the molecule is O=C(O)CCC[C@@H](NC(=O)CN1CCCNCC1)C(=O)O. The Balaban J connectivity index is 2.36. The molecular formula is C13H23N3O5. The third-order valence-corrected chi connectivity index (χ3v) is 3.32. The second-order valence-electron chi connectivity index (χ2n) is 5.12. The van der Waals surface area contributed by atoms with Crippen LogP contribution in [-0.2, 0) is 14.4 Å². The first-order valence-electron chi connectivity index (χ1n) is 7.16. The molecule has 1 amide bonds. The lowest BCUT2D eigenvalue weighted by Gasteiger charge is -2.20. The Labute approximate surface area is 123 Å². The second kappa shape index (κ2) is 9.30. The molecule has 21 heavy (non-hydrogen) atoms. The molecule has 8 heteroatoms. The van der Waals surface area contributed by atoms with Gasteiger partial charge in [0.15, 0.2) is 0 Å². The smallest absolute Gasteiger partial charge is 0.326 e. The van der Waals surface area contributed by atoms with Crippen molar-refractivity contribution in [2.45, 2.75) is 31.7 Å². The van der Waals surface area contributed by atoms with Gasteiger partial charge in [0.2, 0.25) is 5.91 Å². The minimum absolute atomic E-state index is 0.0998. The molecule has 1 fully saturated rings. The highest BCUT2D eigenvalue weighted by Gasteiger charge is 2.21. The number of carbonyl (C=O) groups is 3. The summed E-state index contributed by atoms with van der Waals surface area (Å²) in [7, 11) is 0. The number of carboxylic acid groups (broad SMARTS) is 2. The summed E-state index contributed by atoms with van der Waals surface area (Å²) in [6.45, 7) is 3.46. The fourth-order valence-corrected chi connectivity index (χ4v) is 2.22. The molecule has 1 atom stereocenters. The van der Waals surface area contributed by atoms with E-state index in [2.05, 4.69) is 10.6 Å². The van der Waals surface area contributed by atoms with Gasteiger partial charge in [-0.3, -0.25) is 14.5 Å². The van der Waals surface area contributed by atoms with Crippen LogP contribution in [0.5, 0.6) is 0 Å². The summed E-state index contributed by atoms with van der Waals surface area (Å²) in [5, 5.41) is 23.3. The van der Waals surface area contributed by atoms with Crippen molar-refractivity contribution >= 4 is 17.8 Å². The van der Waals surface area contributed by atoms with Crippen LogP contribution in [0, 0.1) is 0 Å². The zero-order chi connectivity index (χ0) is 15.7. The van der Waals surface area contributed by atoms with Crippen molar-refractivity contribution in [3.8, 4) is 0 Å². The predicted octanol–water partition coefficient (Wildman–Crippen LogP) is -0.894. The third-order valence-electron chi connectivity index (χ3n) is 3.32. The van der Waals surface area contributed by atoms with Gasteiger partial charge in [-0.15, -0.1) is 0 Å². The molecule has 4 N–H and O–H groups in total. The van der Waals surface area contributed by atoms with Crippen molar-refractivity contribution in [2.75, 3.05) is 32.7 Å². The molecule has 0 aromatic rings. The van der Waals surface area contributed by atoms with Gasteiger partial charge >= 0.3 is 11.9 Å². The van der Waals surface area contributed by atoms with E-state index in [1.54, 1.807) is 0 Å². The van der Waals surface area contributed by atoms with Crippen molar-refractivity contribution in [1.82, 2.24) is 15.5 Å². The van der Waals surface area contributed by atoms with E-state index in [1.807, 2.05) is 4.90 Å². The maximum absolute atomic E-state index is 11.9. The minimum atomic E-state index is -1.13. The first kappa shape index (κ1) is 17.4. The lowest BCUT2D eigenvalue weighted by Crippen LogP contribution is -2.46. The van der Waals surface area contributed by atoms with Gasteiger partial charge in [0.1, 0.15) is 6.04 Å². The van der Waals surface area contributed by atoms with Gasteiger partial charge < -0.3 is 20.8 Å². The molecule has 1 rings (SSSR count). The van der Waals surface area contributed by atoms with Gasteiger partial charge in [-0.05, 0) is 32.4 Å². The van der Waals surface area contributed by atoms with Gasteiger partial charge in [0.25, 0.3) is 0 Å². The van der Waals surface area contributed by atoms with Crippen LogP contribution in [0.2, 0.25) is 0 Å². The fraction of sp³-hybridized carbons (Fsp3) is 0.769. The van der Waals surface area contributed by atoms with Gasteiger partial charge in [-0.25, -0.2) is 4.79 Å². The Morgan fingerprint density at radius 1 is 1.19 bits per heavy atom. The Morgan fingerprint density at radius 2 is 1.95 bits per heavy atom. The molecule has 0 unspecified atom stereocenters. The van der Waals surface area contributed by atoms with Gasteiger partial charge in [0.05, 0.1) is 6.54 Å². The lowest BCUT2D eigenvalue weighted by atomic mass is 10.1. The van der Waals surface area contributed by atoms with E-state index >= 15 is 0 Å². The van der Waals surface area contributed by atoms with Crippen LogP contribution in [0.25, 0.3) is 0 Å². The van der Waals surface area contributed by atoms with Crippen LogP contribution in [0.15, 0.2) is 0 Å². The number of amides is 1. The highest BCUT2D eigenvalue weighted by atomic mass is 16.4. The summed E-state index contributed by atoms with van der Waals surface area (Å²) in [5.41, 5.74) is 0. The number of nitrogens with zero attached hydrogens (tertiary/aromatic N) is 1. The zero-order valence-corrected chi connectivity index (χ0v) is 12.0. The van der Waals surface area contributed by atoms with Gasteiger partial charge in [-0.1, -0.05) is 0 Å². The maximum Gasteiger partial charge on any atom is 0.326 e. The number of hydrogen-bond donors (Lipinski definition) is 4. The van der Waals surface area contributed by atoms with Gasteiger partial charge in [-0.2, -0.15) is 0 Å². The van der Waals surface area contributed by atoms with Crippen LogP contribution >= 0.6 is 0 Å². The third kappa shape index (κ3) is 7.62. The quantitative estimate of drug-likeness (QED) is 0.459. The Bertz CT molecular complexity index is 367. The number of carbonyl (C=O) groups excluding carboxylic acids is 1. The largest absolute Gasteiger partial charge is 0.481 e. The molecule has 1 aliphatic rings. The van der Waals surface area contributed by atoms with E-state index < -0.39 is 18.0 Å². The lowest BCUT2D eigenvalue weighted by molar-refractivity contribution is -0.142. The second-order valence-corrected chi connectivity index (χ2v) is 5.12. The maximum atomic E-state index is 11.9. The standard InChI is InChI=1S/C13H23N3O5/c17-11(9-16-7-2-5-14-6-8-16)15-10(13(20)21)3-1-4-12(18)19/h10,14H,1-9H2,(H,15,17)(H,18,19)(H,20,21)/t10-/m1/s1. The van der Waals surface area contributed by atoms with Crippen molar-refractivity contribution in [2.24, 2.45) is 0 Å². The average molecular weight is 301 g/mol. The number of nitrogens with one attached hydrogen (secondary N) is 2. The fourth-order valence-electron chi connectivity index (χ4n) is 2.22. The molecule has 8 nitrogen and oxygen atoms in total. The molecule has 1 aliphatic heterocycles. The molecule has 0 spiro atoms. The molecule has 120 valence electrons. The molecule has 0 aromatic carbocycles. The summed E-state index contributed by atoms with van der Waals surface area (Å²) in [6.07, 6.45) is 1.20. The highest BCUT2D eigenvalue weighted by molar-refractivity contribution is 5.84. The van der Waals surface area contributed by atoms with Crippen LogP contribution in [0.1, 0.15) is 25.7 Å². The average Bonchev–Trinajstić information content (AvgIpc) is 2.65. The molecule has 1 heterocycles. The Morgan fingerprint density at radius 3 is 2.62 bits per heavy atom. The first-order chi connectivity index (χ1) is 9.99. The summed E-state index contributed by atoms with van der Waals surface area (Å²) in [5.74, 6) is -2.44. The van der Waals surface area contributed by atoms with E-state index in [-0.39, 0.29) is 31.7 Å². The molecule has 0 radical (unpaired) electrons. The summed E-state index contributed by atoms with van der Waals surface area (Å²) in [4.78, 5) is 35.4. The van der Waals surface area contributed by atoms with Crippen molar-refractivity contribution in [1.29, 1.82) is 0 Å². The molecule has 0 aliphatic carbocycles. The highest BCUT2D eigenvalue weighted by Crippen LogP contribution is 2.02. The van der Waals surface area contributed by atoms with Crippen LogP contribution < -0.4 is 10.6 Å². The van der Waals surface area contributed by atoms with Crippen LogP contribution in [-0.4, -0.2) is 71.7 Å². The van der Waals surface area contributed by atoms with E-state index in [9.17, 15) is 14.4 Å². The van der Waals surface area contributed by atoms with Crippen LogP contribution in [0.3, 0.4) is 0 Å². The predicted molar refractivity (Wildman–Crippen MR) is 75.0 cm³/mol. The number of rotatable bonds is 8. The molecule has 0 saturated carbocycles. The minimum Gasteiger partial charge on any atom is -0.481 e. The summed E-state index contributed by atoms with van der Waals surface area (Å²) in [6, 6.07) is -1.03. The molecule has 0 bridgehead atoms. The van der Waals surface area contributed by atoms with Crippen molar-refractivity contribution in [3.63, 3.8) is 0 Å². The topological polar surface area (TPSA) is 119 Å². The molecular weight excluding hydrogens is 278 g/mol. The Hall–Kier alpha value is -1.67. The normalized spacial score (nSPS) is 17.7. The van der Waals surface area contributed by atoms with E-state index in [4.69, 9.17) is 10.2 Å². The summed E-state index contributed by atoms with van der Waals surface area (Å²) >= 11 is 0. The number of hydrogen-bond acceptors (Lipinski definition) is 5. The van der Waals surface area contributed by atoms with E-state index in [0.29, 0.717) is 0 Å². The number of aliphatic carboxylic acids is 2. The van der Waals surface area contributed by atoms with Gasteiger partial charge in [0, 0.05) is 19.5 Å². The van der Waals surface area contributed by atoms with Crippen molar-refractivity contribution < 1.29 is 24.6 Å². The Kier molecular flexibility index (Phi) is 7.70. The molecule has 1 saturated heterocycles. The first-order valence-corrected chi connectivity index (χ1v) is 7.16. The summed E-state index contributed by atoms with van der Waals surface area (Å²) < 4.78 is 0. The van der Waals surface area contributed by atoms with Crippen LogP contribution in [0.4, 0.5) is 0 Å². The van der Waals surface area contributed by atoms with Crippen molar-refractivity contribution in [3.05, 3.63) is 0 Å².